The van der Waals surface area contributed by atoms with Gasteiger partial charge in [-0.25, -0.2) is 4.98 Å². The van der Waals surface area contributed by atoms with Crippen LogP contribution in [0.2, 0.25) is 0 Å². The van der Waals surface area contributed by atoms with Crippen LogP contribution in [0.3, 0.4) is 0 Å². The lowest BCUT2D eigenvalue weighted by atomic mass is 10.1. The first-order chi connectivity index (χ1) is 7.89. The maximum Gasteiger partial charge on any atom is 0.332 e. The molecule has 1 aromatic rings. The number of ether oxygens (including phenoxy) is 1. The van der Waals surface area contributed by atoms with Crippen LogP contribution in [0.15, 0.2) is 12.3 Å². The number of hydrogen-bond donors (Lipinski definition) is 1. The van der Waals surface area contributed by atoms with Crippen LogP contribution in [-0.4, -0.2) is 27.2 Å². The Morgan fingerprint density at radius 2 is 2.35 bits per heavy atom. The molecule has 0 bridgehead atoms. The fourth-order valence-corrected chi connectivity index (χ4v) is 1.01. The van der Waals surface area contributed by atoms with Crippen LogP contribution in [-0.2, 0) is 0 Å². The SMILES string of the molecule is CC(C)(CO)Oc1ncc(C#N)cc1[N+](=O)[O-]. The molecule has 0 aliphatic rings. The number of rotatable bonds is 4. The van der Waals surface area contributed by atoms with Crippen LogP contribution in [0.25, 0.3) is 0 Å². The average Bonchev–Trinajstić information content (AvgIpc) is 2.29. The highest BCUT2D eigenvalue weighted by atomic mass is 16.6. The summed E-state index contributed by atoms with van der Waals surface area (Å²) in [5, 5.41) is 28.4. The molecule has 90 valence electrons. The summed E-state index contributed by atoms with van der Waals surface area (Å²) in [5.74, 6) is -0.215. The summed E-state index contributed by atoms with van der Waals surface area (Å²) < 4.78 is 5.23. The molecular weight excluding hydrogens is 226 g/mol. The number of nitriles is 1. The van der Waals surface area contributed by atoms with Crippen LogP contribution >= 0.6 is 0 Å². The molecule has 0 aliphatic heterocycles. The smallest absolute Gasteiger partial charge is 0.332 e. The summed E-state index contributed by atoms with van der Waals surface area (Å²) in [4.78, 5) is 13.8. The zero-order valence-electron chi connectivity index (χ0n) is 9.38. The van der Waals surface area contributed by atoms with Crippen molar-refractivity contribution in [3.8, 4) is 11.9 Å². The van der Waals surface area contributed by atoms with Gasteiger partial charge in [-0.05, 0) is 13.8 Å². The Kier molecular flexibility index (Phi) is 3.60. The summed E-state index contributed by atoms with van der Waals surface area (Å²) in [6, 6.07) is 2.83. The first-order valence-electron chi connectivity index (χ1n) is 4.74. The summed E-state index contributed by atoms with van der Waals surface area (Å²) >= 11 is 0. The molecule has 0 amide bonds. The van der Waals surface area contributed by atoms with Crippen molar-refractivity contribution in [1.82, 2.24) is 4.98 Å². The van der Waals surface area contributed by atoms with Gasteiger partial charge in [-0.15, -0.1) is 0 Å². The second kappa shape index (κ2) is 4.76. The van der Waals surface area contributed by atoms with Crippen LogP contribution in [0.5, 0.6) is 5.88 Å². The average molecular weight is 237 g/mol. The molecule has 0 saturated heterocycles. The van der Waals surface area contributed by atoms with Gasteiger partial charge in [0.2, 0.25) is 0 Å². The number of nitro groups is 1. The quantitative estimate of drug-likeness (QED) is 0.618. The van der Waals surface area contributed by atoms with Crippen LogP contribution < -0.4 is 4.74 Å². The van der Waals surface area contributed by atoms with E-state index in [1.54, 1.807) is 19.9 Å². The predicted octanol–water partition coefficient (Wildman–Crippen LogP) is 1.01. The molecule has 0 atom stereocenters. The van der Waals surface area contributed by atoms with Gasteiger partial charge in [-0.1, -0.05) is 0 Å². The third-order valence-corrected chi connectivity index (χ3v) is 1.91. The van der Waals surface area contributed by atoms with Gasteiger partial charge in [0, 0.05) is 12.3 Å². The van der Waals surface area contributed by atoms with Crippen molar-refractivity contribution in [3.63, 3.8) is 0 Å². The Labute approximate surface area is 97.4 Å². The van der Waals surface area contributed by atoms with Crippen molar-refractivity contribution in [1.29, 1.82) is 5.26 Å². The number of hydrogen-bond acceptors (Lipinski definition) is 6. The van der Waals surface area contributed by atoms with Crippen LogP contribution in [0.4, 0.5) is 5.69 Å². The molecule has 0 unspecified atom stereocenters. The molecule has 1 aromatic heterocycles. The normalized spacial score (nSPS) is 10.7. The number of aromatic nitrogens is 1. The van der Waals surface area contributed by atoms with E-state index in [1.165, 1.54) is 6.20 Å². The van der Waals surface area contributed by atoms with E-state index in [9.17, 15) is 10.1 Å². The van der Waals surface area contributed by atoms with Gasteiger partial charge in [0.25, 0.3) is 5.88 Å². The highest BCUT2D eigenvalue weighted by Gasteiger charge is 2.25. The molecule has 7 nitrogen and oxygen atoms in total. The molecule has 0 saturated carbocycles. The molecule has 0 fully saturated rings. The van der Waals surface area contributed by atoms with Gasteiger partial charge in [0.1, 0.15) is 11.7 Å². The van der Waals surface area contributed by atoms with Gasteiger partial charge in [-0.3, -0.25) is 10.1 Å². The maximum atomic E-state index is 10.8. The standard InChI is InChI=1S/C10H11N3O4/c1-10(2,6-14)17-9-8(13(15)16)3-7(4-11)5-12-9/h3,5,14H,6H2,1-2H3. The number of aliphatic hydroxyl groups is 1. The van der Waals surface area contributed by atoms with E-state index in [4.69, 9.17) is 15.1 Å². The van der Waals surface area contributed by atoms with Crippen LogP contribution in [0, 0.1) is 21.4 Å². The largest absolute Gasteiger partial charge is 0.464 e. The zero-order chi connectivity index (χ0) is 13.1. The fourth-order valence-electron chi connectivity index (χ4n) is 1.01. The minimum Gasteiger partial charge on any atom is -0.464 e. The Balaban J connectivity index is 3.17. The molecule has 0 aromatic carbocycles. The molecule has 0 spiro atoms. The summed E-state index contributed by atoms with van der Waals surface area (Å²) in [6.45, 7) is 2.82. The molecule has 1 N–H and O–H groups in total. The molecule has 17 heavy (non-hydrogen) atoms. The summed E-state index contributed by atoms with van der Waals surface area (Å²) in [5.41, 5.74) is -1.30. The van der Waals surface area contributed by atoms with Crippen LogP contribution in [0.1, 0.15) is 19.4 Å². The lowest BCUT2D eigenvalue weighted by Crippen LogP contribution is -2.33. The molecule has 1 rings (SSSR count). The Morgan fingerprint density at radius 1 is 1.71 bits per heavy atom. The second-order valence-corrected chi connectivity index (χ2v) is 3.94. The number of pyridine rings is 1. The van der Waals surface area contributed by atoms with Crippen molar-refractivity contribution in [2.45, 2.75) is 19.4 Å². The van der Waals surface area contributed by atoms with Crippen molar-refractivity contribution in [2.24, 2.45) is 0 Å². The van der Waals surface area contributed by atoms with E-state index < -0.39 is 16.2 Å². The highest BCUT2D eigenvalue weighted by Crippen LogP contribution is 2.27. The lowest BCUT2D eigenvalue weighted by molar-refractivity contribution is -0.386. The van der Waals surface area contributed by atoms with Gasteiger partial charge in [0.05, 0.1) is 17.1 Å². The fraction of sp³-hybridized carbons (Fsp3) is 0.400. The molecular formula is C10H11N3O4. The first-order valence-corrected chi connectivity index (χ1v) is 4.74. The van der Waals surface area contributed by atoms with Crippen molar-refractivity contribution < 1.29 is 14.8 Å². The van der Waals surface area contributed by atoms with E-state index in [1.807, 2.05) is 0 Å². The molecule has 7 heteroatoms. The molecule has 1 heterocycles. The Morgan fingerprint density at radius 3 is 2.82 bits per heavy atom. The minimum atomic E-state index is -0.980. The number of nitrogens with zero attached hydrogens (tertiary/aromatic N) is 3. The highest BCUT2D eigenvalue weighted by molar-refractivity contribution is 5.46. The number of aliphatic hydroxyl groups excluding tert-OH is 1. The molecule has 0 aliphatic carbocycles. The van der Waals surface area contributed by atoms with Gasteiger partial charge < -0.3 is 9.84 Å². The third kappa shape index (κ3) is 3.12. The van der Waals surface area contributed by atoms with E-state index in [2.05, 4.69) is 4.98 Å². The van der Waals surface area contributed by atoms with Gasteiger partial charge in [-0.2, -0.15) is 5.26 Å². The van der Waals surface area contributed by atoms with E-state index in [0.29, 0.717) is 0 Å². The summed E-state index contributed by atoms with van der Waals surface area (Å²) in [7, 11) is 0. The van der Waals surface area contributed by atoms with E-state index >= 15 is 0 Å². The second-order valence-electron chi connectivity index (χ2n) is 3.94. The Bertz CT molecular complexity index is 479. The monoisotopic (exact) mass is 237 g/mol. The van der Waals surface area contributed by atoms with Crippen molar-refractivity contribution >= 4 is 5.69 Å². The van der Waals surface area contributed by atoms with Crippen molar-refractivity contribution in [2.75, 3.05) is 6.61 Å². The summed E-state index contributed by atoms with van der Waals surface area (Å²) in [6.07, 6.45) is 1.18. The van der Waals surface area contributed by atoms with Gasteiger partial charge in [0.15, 0.2) is 0 Å². The predicted molar refractivity (Wildman–Crippen MR) is 57.4 cm³/mol. The third-order valence-electron chi connectivity index (χ3n) is 1.91. The minimum absolute atomic E-state index is 0.0749. The zero-order valence-corrected chi connectivity index (χ0v) is 9.38. The lowest BCUT2D eigenvalue weighted by Gasteiger charge is -2.22. The van der Waals surface area contributed by atoms with E-state index in [-0.39, 0.29) is 18.1 Å². The topological polar surface area (TPSA) is 109 Å². The molecule has 0 radical (unpaired) electrons. The first kappa shape index (κ1) is 12.9. The maximum absolute atomic E-state index is 10.8. The Hall–Kier alpha value is -2.20. The van der Waals surface area contributed by atoms with Gasteiger partial charge >= 0.3 is 5.69 Å². The van der Waals surface area contributed by atoms with Crippen molar-refractivity contribution in [3.05, 3.63) is 27.9 Å². The van der Waals surface area contributed by atoms with E-state index in [0.717, 1.165) is 6.07 Å².